The van der Waals surface area contributed by atoms with Crippen molar-refractivity contribution in [3.05, 3.63) is 101 Å². The molecule has 0 aliphatic heterocycles. The van der Waals surface area contributed by atoms with Crippen LogP contribution >= 0.6 is 11.8 Å². The Kier molecular flexibility index (Phi) is 5.49. The Morgan fingerprint density at radius 2 is 1.79 bits per heavy atom. The second kappa shape index (κ2) is 8.21. The fraction of sp³-hybridized carbons (Fsp3) is 0.125. The van der Waals surface area contributed by atoms with Crippen LogP contribution in [0, 0.1) is 11.6 Å². The number of hydrogen-bond donors (Lipinski definition) is 1. The van der Waals surface area contributed by atoms with Gasteiger partial charge >= 0.3 is 0 Å². The molecule has 0 bridgehead atoms. The number of nitrogens with one attached hydrogen (secondary N) is 1. The molecule has 0 aliphatic carbocycles. The number of fused-ring (bicyclic) bond motifs is 1. The summed E-state index contributed by atoms with van der Waals surface area (Å²) in [5.74, 6) is -1.90. The maximum Gasteiger partial charge on any atom is 0.182 e. The highest BCUT2D eigenvalue weighted by molar-refractivity contribution is 8.00. The summed E-state index contributed by atoms with van der Waals surface area (Å²) in [7, 11) is 0. The van der Waals surface area contributed by atoms with Crippen molar-refractivity contribution in [1.29, 1.82) is 0 Å². The molecule has 0 spiro atoms. The SMILES string of the molecule is CCc1cccc2c(C(=O)[C@H](Sc3ccc(F)c(F)c3)c3ccccc3)c[nH]c12. The fourth-order valence-electron chi connectivity index (χ4n) is 3.44. The van der Waals surface area contributed by atoms with Gasteiger partial charge in [-0.25, -0.2) is 8.78 Å². The number of Topliss-reactive ketones (excluding diaryl/α,β-unsaturated/α-hetero) is 1. The van der Waals surface area contributed by atoms with E-state index in [1.165, 1.54) is 17.8 Å². The first kappa shape index (κ1) is 19.4. The van der Waals surface area contributed by atoms with Crippen molar-refractivity contribution in [3.8, 4) is 0 Å². The number of carbonyl (C=O) groups is 1. The van der Waals surface area contributed by atoms with Crippen molar-refractivity contribution in [1.82, 2.24) is 4.98 Å². The van der Waals surface area contributed by atoms with Gasteiger partial charge in [0.05, 0.1) is 5.25 Å². The molecule has 29 heavy (non-hydrogen) atoms. The van der Waals surface area contributed by atoms with E-state index in [-0.39, 0.29) is 5.78 Å². The van der Waals surface area contributed by atoms with E-state index in [4.69, 9.17) is 0 Å². The summed E-state index contributed by atoms with van der Waals surface area (Å²) in [4.78, 5) is 17.3. The fourth-order valence-corrected chi connectivity index (χ4v) is 4.56. The molecule has 5 heteroatoms. The molecule has 4 aromatic rings. The molecule has 1 atom stereocenters. The molecule has 4 rings (SSSR count). The van der Waals surface area contributed by atoms with Crippen LogP contribution in [0.2, 0.25) is 0 Å². The van der Waals surface area contributed by atoms with Crippen LogP contribution < -0.4 is 0 Å². The second-order valence-corrected chi connectivity index (χ2v) is 7.92. The lowest BCUT2D eigenvalue weighted by atomic mass is 10.0. The lowest BCUT2D eigenvalue weighted by Gasteiger charge is -2.16. The number of aromatic nitrogens is 1. The third-order valence-corrected chi connectivity index (χ3v) is 6.18. The van der Waals surface area contributed by atoms with Gasteiger partial charge in [-0.3, -0.25) is 4.79 Å². The van der Waals surface area contributed by atoms with Crippen LogP contribution in [0.3, 0.4) is 0 Å². The predicted molar refractivity (Wildman–Crippen MR) is 113 cm³/mol. The van der Waals surface area contributed by atoms with Crippen LogP contribution in [0.4, 0.5) is 8.78 Å². The third-order valence-electron chi connectivity index (χ3n) is 4.93. The Morgan fingerprint density at radius 1 is 1.00 bits per heavy atom. The molecular weight excluding hydrogens is 388 g/mol. The standard InChI is InChI=1S/C24H19F2NOS/c1-2-15-9-6-10-18-19(14-27-22(15)18)23(28)24(16-7-4-3-5-8-16)29-17-11-12-20(25)21(26)13-17/h3-14,24,27H,2H2,1H3/t24-/m1/s1. The highest BCUT2D eigenvalue weighted by Crippen LogP contribution is 2.39. The van der Waals surface area contributed by atoms with Crippen molar-refractivity contribution in [2.24, 2.45) is 0 Å². The third kappa shape index (κ3) is 3.83. The number of para-hydroxylation sites is 1. The smallest absolute Gasteiger partial charge is 0.182 e. The zero-order chi connectivity index (χ0) is 20.4. The molecule has 2 nitrogen and oxygen atoms in total. The topological polar surface area (TPSA) is 32.9 Å². The van der Waals surface area contributed by atoms with Gasteiger partial charge < -0.3 is 4.98 Å². The van der Waals surface area contributed by atoms with Crippen LogP contribution in [0.1, 0.15) is 33.7 Å². The number of benzene rings is 3. The van der Waals surface area contributed by atoms with E-state index in [9.17, 15) is 13.6 Å². The van der Waals surface area contributed by atoms with E-state index in [0.717, 1.165) is 40.6 Å². The lowest BCUT2D eigenvalue weighted by molar-refractivity contribution is 0.0991. The Morgan fingerprint density at radius 3 is 2.52 bits per heavy atom. The van der Waals surface area contributed by atoms with Gasteiger partial charge in [0.1, 0.15) is 0 Å². The summed E-state index contributed by atoms with van der Waals surface area (Å²) in [5, 5.41) is 0.298. The number of aromatic amines is 1. The van der Waals surface area contributed by atoms with Crippen molar-refractivity contribution >= 4 is 28.4 Å². The van der Waals surface area contributed by atoms with Crippen molar-refractivity contribution in [2.75, 3.05) is 0 Å². The second-order valence-electron chi connectivity index (χ2n) is 6.74. The highest BCUT2D eigenvalue weighted by Gasteiger charge is 2.26. The summed E-state index contributed by atoms with van der Waals surface area (Å²) >= 11 is 1.22. The molecule has 1 heterocycles. The molecule has 0 aliphatic rings. The van der Waals surface area contributed by atoms with Crippen molar-refractivity contribution in [2.45, 2.75) is 23.5 Å². The minimum atomic E-state index is -0.922. The largest absolute Gasteiger partial charge is 0.360 e. The zero-order valence-electron chi connectivity index (χ0n) is 15.8. The van der Waals surface area contributed by atoms with Gasteiger partial charge in [0.15, 0.2) is 17.4 Å². The van der Waals surface area contributed by atoms with Gasteiger partial charge in [-0.1, -0.05) is 55.5 Å². The van der Waals surface area contributed by atoms with Crippen molar-refractivity contribution < 1.29 is 13.6 Å². The number of thioether (sulfide) groups is 1. The van der Waals surface area contributed by atoms with Crippen LogP contribution in [0.5, 0.6) is 0 Å². The first-order valence-corrected chi connectivity index (χ1v) is 10.3. The first-order valence-electron chi connectivity index (χ1n) is 9.38. The number of carbonyl (C=O) groups excluding carboxylic acids is 1. The Bertz CT molecular complexity index is 1170. The number of aryl methyl sites for hydroxylation is 1. The average Bonchev–Trinajstić information content (AvgIpc) is 3.19. The molecule has 1 aromatic heterocycles. The number of rotatable bonds is 6. The maximum atomic E-state index is 13.7. The van der Waals surface area contributed by atoms with E-state index in [1.807, 2.05) is 48.5 Å². The van der Waals surface area contributed by atoms with Gasteiger partial charge in [-0.2, -0.15) is 0 Å². The number of H-pyrrole nitrogens is 1. The van der Waals surface area contributed by atoms with Gasteiger partial charge in [0.25, 0.3) is 0 Å². The average molecular weight is 407 g/mol. The van der Waals surface area contributed by atoms with E-state index < -0.39 is 16.9 Å². The minimum absolute atomic E-state index is 0.0783. The van der Waals surface area contributed by atoms with Crippen LogP contribution in [-0.4, -0.2) is 10.8 Å². The normalized spacial score (nSPS) is 12.2. The van der Waals surface area contributed by atoms with E-state index in [2.05, 4.69) is 11.9 Å². The zero-order valence-corrected chi connectivity index (χ0v) is 16.6. The van der Waals surface area contributed by atoms with E-state index in [1.54, 1.807) is 6.20 Å². The summed E-state index contributed by atoms with van der Waals surface area (Å²) < 4.78 is 27.1. The quantitative estimate of drug-likeness (QED) is 0.284. The molecular formula is C24H19F2NOS. The van der Waals surface area contributed by atoms with Gasteiger partial charge in [0.2, 0.25) is 0 Å². The Hall–Kier alpha value is -2.92. The monoisotopic (exact) mass is 407 g/mol. The highest BCUT2D eigenvalue weighted by atomic mass is 32.2. The molecule has 0 fully saturated rings. The molecule has 0 unspecified atom stereocenters. The van der Waals surface area contributed by atoms with Crippen LogP contribution in [0.25, 0.3) is 10.9 Å². The molecule has 0 radical (unpaired) electrons. The van der Waals surface area contributed by atoms with E-state index >= 15 is 0 Å². The first-order chi connectivity index (χ1) is 14.1. The number of halogens is 2. The molecule has 0 saturated heterocycles. The summed E-state index contributed by atoms with van der Waals surface area (Å²) in [6.07, 6.45) is 2.60. The van der Waals surface area contributed by atoms with Crippen LogP contribution in [-0.2, 0) is 6.42 Å². The summed E-state index contributed by atoms with van der Waals surface area (Å²) in [6.45, 7) is 2.07. The Balaban J connectivity index is 1.77. The molecule has 3 aromatic carbocycles. The van der Waals surface area contributed by atoms with Crippen molar-refractivity contribution in [3.63, 3.8) is 0 Å². The van der Waals surface area contributed by atoms with E-state index in [0.29, 0.717) is 10.5 Å². The maximum absolute atomic E-state index is 13.7. The molecule has 0 amide bonds. The van der Waals surface area contributed by atoms with Gasteiger partial charge in [-0.15, -0.1) is 11.8 Å². The molecule has 146 valence electrons. The number of hydrogen-bond acceptors (Lipinski definition) is 2. The van der Waals surface area contributed by atoms with Gasteiger partial charge in [0, 0.05) is 27.6 Å². The number of ketones is 1. The summed E-state index contributed by atoms with van der Waals surface area (Å²) in [5.41, 5.74) is 3.52. The lowest BCUT2D eigenvalue weighted by Crippen LogP contribution is -2.09. The minimum Gasteiger partial charge on any atom is -0.360 e. The van der Waals surface area contributed by atoms with Gasteiger partial charge in [-0.05, 0) is 35.7 Å². The molecule has 0 saturated carbocycles. The van der Waals surface area contributed by atoms with Crippen LogP contribution in [0.15, 0.2) is 77.8 Å². The Labute approximate surface area is 172 Å². The molecule has 1 N–H and O–H groups in total. The summed E-state index contributed by atoms with van der Waals surface area (Å²) in [6, 6.07) is 19.0. The predicted octanol–water partition coefficient (Wildman–Crippen LogP) is 6.72.